The van der Waals surface area contributed by atoms with E-state index in [1.165, 1.54) is 24.3 Å². The molecule has 140 valence electrons. The van der Waals surface area contributed by atoms with Gasteiger partial charge in [0.05, 0.1) is 10.9 Å². The molecule has 0 aromatic heterocycles. The summed E-state index contributed by atoms with van der Waals surface area (Å²) in [5, 5.41) is 7.82. The molecule has 0 aliphatic carbocycles. The Labute approximate surface area is 153 Å². The van der Waals surface area contributed by atoms with E-state index in [0.717, 1.165) is 0 Å². The number of amides is 1. The summed E-state index contributed by atoms with van der Waals surface area (Å²) in [5.74, 6) is 0.736. The molecule has 2 aromatic carbocycles. The van der Waals surface area contributed by atoms with Gasteiger partial charge in [0.2, 0.25) is 15.9 Å². The maximum atomic E-state index is 12.1. The van der Waals surface area contributed by atoms with Gasteiger partial charge in [-0.1, -0.05) is 20.8 Å². The number of primary sulfonamides is 1. The van der Waals surface area contributed by atoms with Crippen molar-refractivity contribution >= 4 is 21.6 Å². The first-order valence-electron chi connectivity index (χ1n) is 7.94. The molecule has 2 aromatic rings. The van der Waals surface area contributed by atoms with E-state index in [-0.39, 0.29) is 16.2 Å². The number of hydrogen-bond acceptors (Lipinski definition) is 5. The van der Waals surface area contributed by atoms with E-state index in [1.807, 2.05) is 20.8 Å². The molecule has 2 rings (SSSR count). The topological polar surface area (TPSA) is 125 Å². The molecule has 0 saturated carbocycles. The van der Waals surface area contributed by atoms with Gasteiger partial charge in [-0.15, -0.1) is 0 Å². The number of carbonyl (C=O) groups excluding carboxylic acids is 1. The van der Waals surface area contributed by atoms with Crippen molar-refractivity contribution in [1.29, 1.82) is 0 Å². The van der Waals surface area contributed by atoms with Crippen LogP contribution in [0.4, 0.5) is 5.69 Å². The van der Waals surface area contributed by atoms with Gasteiger partial charge in [-0.05, 0) is 53.9 Å². The van der Waals surface area contributed by atoms with Crippen LogP contribution in [0, 0.1) is 5.41 Å². The Balaban J connectivity index is 2.02. The van der Waals surface area contributed by atoms with Crippen molar-refractivity contribution in [2.75, 3.05) is 5.32 Å². The lowest BCUT2D eigenvalue weighted by Gasteiger charge is -2.25. The predicted octanol–water partition coefficient (Wildman–Crippen LogP) is 2.44. The van der Waals surface area contributed by atoms with Crippen LogP contribution < -0.4 is 20.9 Å². The van der Waals surface area contributed by atoms with E-state index in [4.69, 9.17) is 15.6 Å². The molecule has 0 unspecified atom stereocenters. The quantitative estimate of drug-likeness (QED) is 0.738. The summed E-state index contributed by atoms with van der Waals surface area (Å²) >= 11 is 0. The molecule has 1 amide bonds. The molecule has 7 nitrogen and oxygen atoms in total. The Kier molecular flexibility index (Phi) is 5.70. The standard InChI is InChI=1S/C18H23N3O4S/c1-18(2,3)16(19)17(22)21-12-4-6-13(7-5-12)25-14-8-10-15(11-9-14)26(20,23)24/h4-11,16H,19H2,1-3H3,(H,21,22)(H2,20,23,24)/t16-/m1/s1. The molecule has 0 bridgehead atoms. The number of nitrogens with two attached hydrogens (primary N) is 2. The average Bonchev–Trinajstić information content (AvgIpc) is 2.54. The molecule has 0 radical (unpaired) electrons. The van der Waals surface area contributed by atoms with Gasteiger partial charge in [0.1, 0.15) is 11.5 Å². The normalized spacial score (nSPS) is 13.1. The molecule has 1 atom stereocenters. The third kappa shape index (κ3) is 5.29. The Hall–Kier alpha value is -2.42. The summed E-state index contributed by atoms with van der Waals surface area (Å²) in [6.07, 6.45) is 0. The van der Waals surface area contributed by atoms with E-state index < -0.39 is 16.1 Å². The van der Waals surface area contributed by atoms with Crippen molar-refractivity contribution in [3.8, 4) is 11.5 Å². The van der Waals surface area contributed by atoms with Gasteiger partial charge in [0.25, 0.3) is 0 Å². The molecule has 0 aliphatic heterocycles. The maximum Gasteiger partial charge on any atom is 0.241 e. The van der Waals surface area contributed by atoms with Crippen LogP contribution in [0.25, 0.3) is 0 Å². The summed E-state index contributed by atoms with van der Waals surface area (Å²) in [6.45, 7) is 5.69. The highest BCUT2D eigenvalue weighted by Crippen LogP contribution is 2.25. The van der Waals surface area contributed by atoms with Gasteiger partial charge >= 0.3 is 0 Å². The number of benzene rings is 2. The molecule has 0 saturated heterocycles. The lowest BCUT2D eigenvalue weighted by Crippen LogP contribution is -2.45. The second kappa shape index (κ2) is 7.45. The van der Waals surface area contributed by atoms with Gasteiger partial charge in [0.15, 0.2) is 0 Å². The third-order valence-corrected chi connectivity index (χ3v) is 4.65. The summed E-state index contributed by atoms with van der Waals surface area (Å²) in [7, 11) is -3.73. The van der Waals surface area contributed by atoms with Crippen molar-refractivity contribution in [2.24, 2.45) is 16.3 Å². The Morgan fingerprint density at radius 2 is 1.46 bits per heavy atom. The second-order valence-corrected chi connectivity index (χ2v) is 8.54. The highest BCUT2D eigenvalue weighted by molar-refractivity contribution is 7.89. The number of nitrogens with one attached hydrogen (secondary N) is 1. The molecule has 8 heteroatoms. The van der Waals surface area contributed by atoms with Crippen molar-refractivity contribution in [3.05, 3.63) is 48.5 Å². The van der Waals surface area contributed by atoms with Crippen molar-refractivity contribution in [3.63, 3.8) is 0 Å². The molecule has 0 aliphatic rings. The summed E-state index contributed by atoms with van der Waals surface area (Å²) in [6, 6.07) is 11.9. The SMILES string of the molecule is CC(C)(C)[C@H](N)C(=O)Nc1ccc(Oc2ccc(S(N)(=O)=O)cc2)cc1. The van der Waals surface area contributed by atoms with E-state index in [1.54, 1.807) is 24.3 Å². The monoisotopic (exact) mass is 377 g/mol. The zero-order valence-electron chi connectivity index (χ0n) is 14.9. The molecular weight excluding hydrogens is 354 g/mol. The number of sulfonamides is 1. The lowest BCUT2D eigenvalue weighted by molar-refractivity contribution is -0.119. The zero-order chi connectivity index (χ0) is 19.5. The summed E-state index contributed by atoms with van der Waals surface area (Å²) < 4.78 is 28.1. The summed E-state index contributed by atoms with van der Waals surface area (Å²) in [4.78, 5) is 12.1. The fourth-order valence-corrected chi connectivity index (χ4v) is 2.57. The number of anilines is 1. The molecular formula is C18H23N3O4S. The number of carbonyl (C=O) groups is 1. The maximum absolute atomic E-state index is 12.1. The Bertz CT molecular complexity index is 870. The van der Waals surface area contributed by atoms with E-state index in [9.17, 15) is 13.2 Å². The predicted molar refractivity (Wildman–Crippen MR) is 100 cm³/mol. The van der Waals surface area contributed by atoms with Crippen molar-refractivity contribution in [2.45, 2.75) is 31.7 Å². The molecule has 26 heavy (non-hydrogen) atoms. The first kappa shape index (κ1) is 19.9. The molecule has 5 N–H and O–H groups in total. The smallest absolute Gasteiger partial charge is 0.241 e. The van der Waals surface area contributed by atoms with E-state index in [2.05, 4.69) is 5.32 Å². The minimum Gasteiger partial charge on any atom is -0.457 e. The fraction of sp³-hybridized carbons (Fsp3) is 0.278. The minimum atomic E-state index is -3.73. The van der Waals surface area contributed by atoms with Crippen molar-refractivity contribution in [1.82, 2.24) is 0 Å². The van der Waals surface area contributed by atoms with Gasteiger partial charge in [0, 0.05) is 5.69 Å². The Morgan fingerprint density at radius 3 is 1.88 bits per heavy atom. The van der Waals surface area contributed by atoms with Crippen LogP contribution in [0.2, 0.25) is 0 Å². The molecule has 0 heterocycles. The average molecular weight is 377 g/mol. The third-order valence-electron chi connectivity index (χ3n) is 3.73. The summed E-state index contributed by atoms with van der Waals surface area (Å²) in [5.41, 5.74) is 6.19. The number of ether oxygens (including phenoxy) is 1. The van der Waals surface area contributed by atoms with Crippen LogP contribution in [-0.2, 0) is 14.8 Å². The highest BCUT2D eigenvalue weighted by atomic mass is 32.2. The van der Waals surface area contributed by atoms with Gasteiger partial charge in [-0.2, -0.15) is 0 Å². The highest BCUT2D eigenvalue weighted by Gasteiger charge is 2.27. The van der Waals surface area contributed by atoms with Crippen LogP contribution in [0.15, 0.2) is 53.4 Å². The van der Waals surface area contributed by atoms with Gasteiger partial charge < -0.3 is 15.8 Å². The largest absolute Gasteiger partial charge is 0.457 e. The van der Waals surface area contributed by atoms with Crippen LogP contribution in [0.3, 0.4) is 0 Å². The van der Waals surface area contributed by atoms with Gasteiger partial charge in [-0.25, -0.2) is 13.6 Å². The van der Waals surface area contributed by atoms with Crippen LogP contribution in [0.5, 0.6) is 11.5 Å². The zero-order valence-corrected chi connectivity index (χ0v) is 15.7. The lowest BCUT2D eigenvalue weighted by atomic mass is 9.87. The Morgan fingerprint density at radius 1 is 1.00 bits per heavy atom. The van der Waals surface area contributed by atoms with Crippen molar-refractivity contribution < 1.29 is 17.9 Å². The van der Waals surface area contributed by atoms with Crippen LogP contribution >= 0.6 is 0 Å². The number of rotatable bonds is 5. The fourth-order valence-electron chi connectivity index (χ4n) is 2.05. The minimum absolute atomic E-state index is 0.0121. The molecule has 0 spiro atoms. The van der Waals surface area contributed by atoms with Crippen LogP contribution in [0.1, 0.15) is 20.8 Å². The van der Waals surface area contributed by atoms with Crippen LogP contribution in [-0.4, -0.2) is 20.4 Å². The first-order chi connectivity index (χ1) is 12.0. The first-order valence-corrected chi connectivity index (χ1v) is 9.49. The van der Waals surface area contributed by atoms with E-state index >= 15 is 0 Å². The number of hydrogen-bond donors (Lipinski definition) is 3. The second-order valence-electron chi connectivity index (χ2n) is 6.98. The van der Waals surface area contributed by atoms with Gasteiger partial charge in [-0.3, -0.25) is 4.79 Å². The van der Waals surface area contributed by atoms with E-state index in [0.29, 0.717) is 17.2 Å². The molecule has 0 fully saturated rings.